The Morgan fingerprint density at radius 2 is 1.74 bits per heavy atom. The molecule has 156 valence electrons. The van der Waals surface area contributed by atoms with E-state index in [9.17, 15) is 4.79 Å². The molecule has 0 aliphatic heterocycles. The number of nitrogens with zero attached hydrogens (tertiary/aromatic N) is 3. The maximum absolute atomic E-state index is 13.3. The number of para-hydroxylation sites is 1. The molecule has 6 nitrogen and oxygen atoms in total. The van der Waals surface area contributed by atoms with Crippen LogP contribution in [-0.4, -0.2) is 27.8 Å². The molecule has 0 fully saturated rings. The predicted molar refractivity (Wildman–Crippen MR) is 122 cm³/mol. The number of methoxy groups -OCH3 is 1. The first-order valence-corrected chi connectivity index (χ1v) is 10.1. The average Bonchev–Trinajstić information content (AvgIpc) is 3.22. The number of anilines is 1. The molecule has 0 aliphatic carbocycles. The van der Waals surface area contributed by atoms with E-state index in [0.717, 1.165) is 16.7 Å². The van der Waals surface area contributed by atoms with Gasteiger partial charge in [0.1, 0.15) is 5.75 Å². The lowest BCUT2D eigenvalue weighted by atomic mass is 10.1. The van der Waals surface area contributed by atoms with Gasteiger partial charge in [0.15, 0.2) is 5.82 Å². The predicted octanol–water partition coefficient (Wildman–Crippen LogP) is 5.22. The molecule has 1 heterocycles. The van der Waals surface area contributed by atoms with E-state index in [1.54, 1.807) is 18.2 Å². The Bertz CT molecular complexity index is 1220. The summed E-state index contributed by atoms with van der Waals surface area (Å²) in [6, 6.07) is 22.4. The van der Waals surface area contributed by atoms with Crippen LogP contribution in [0.15, 0.2) is 72.8 Å². The fraction of sp³-hybridized carbons (Fsp3) is 0.125. The van der Waals surface area contributed by atoms with Gasteiger partial charge in [-0.1, -0.05) is 71.8 Å². The van der Waals surface area contributed by atoms with Gasteiger partial charge in [0.05, 0.1) is 12.7 Å². The highest BCUT2D eigenvalue weighted by atomic mass is 35.5. The Hall–Kier alpha value is -3.64. The Balaban J connectivity index is 1.73. The minimum atomic E-state index is -0.343. The normalized spacial score (nSPS) is 10.7. The van der Waals surface area contributed by atoms with Crippen LogP contribution in [0.5, 0.6) is 5.75 Å². The van der Waals surface area contributed by atoms with Gasteiger partial charge in [-0.3, -0.25) is 4.79 Å². The second-order valence-corrected chi connectivity index (χ2v) is 7.39. The largest absolute Gasteiger partial charge is 0.496 e. The first kappa shape index (κ1) is 20.6. The molecule has 31 heavy (non-hydrogen) atoms. The highest BCUT2D eigenvalue weighted by molar-refractivity contribution is 6.31. The van der Waals surface area contributed by atoms with E-state index in [1.165, 1.54) is 11.8 Å². The van der Waals surface area contributed by atoms with Crippen LogP contribution >= 0.6 is 11.6 Å². The molecule has 0 radical (unpaired) electrons. The van der Waals surface area contributed by atoms with Gasteiger partial charge >= 0.3 is 0 Å². The molecule has 4 aromatic rings. The zero-order valence-electron chi connectivity index (χ0n) is 17.2. The quantitative estimate of drug-likeness (QED) is 0.452. The third kappa shape index (κ3) is 4.44. The molecule has 0 aliphatic rings. The number of halogens is 1. The van der Waals surface area contributed by atoms with E-state index in [4.69, 9.17) is 16.3 Å². The Kier molecular flexibility index (Phi) is 6.00. The zero-order valence-corrected chi connectivity index (χ0v) is 17.9. The molecule has 7 heteroatoms. The number of carbonyl (C=O) groups excluding carboxylic acids is 1. The van der Waals surface area contributed by atoms with Crippen LogP contribution in [0, 0.1) is 6.92 Å². The van der Waals surface area contributed by atoms with Gasteiger partial charge in [0.25, 0.3) is 5.91 Å². The van der Waals surface area contributed by atoms with Crippen LogP contribution in [0.1, 0.15) is 21.5 Å². The fourth-order valence-corrected chi connectivity index (χ4v) is 3.35. The van der Waals surface area contributed by atoms with E-state index in [1.807, 2.05) is 61.5 Å². The Morgan fingerprint density at radius 3 is 2.48 bits per heavy atom. The van der Waals surface area contributed by atoms with Crippen molar-refractivity contribution in [1.82, 2.24) is 14.8 Å². The zero-order chi connectivity index (χ0) is 21.8. The van der Waals surface area contributed by atoms with Crippen molar-refractivity contribution < 1.29 is 9.53 Å². The highest BCUT2D eigenvalue weighted by Crippen LogP contribution is 2.24. The van der Waals surface area contributed by atoms with Crippen molar-refractivity contribution >= 4 is 23.5 Å². The van der Waals surface area contributed by atoms with Crippen LogP contribution in [0.4, 0.5) is 5.95 Å². The van der Waals surface area contributed by atoms with Gasteiger partial charge < -0.3 is 10.1 Å². The lowest BCUT2D eigenvalue weighted by Crippen LogP contribution is -2.18. The van der Waals surface area contributed by atoms with Crippen molar-refractivity contribution in [2.75, 3.05) is 12.4 Å². The van der Waals surface area contributed by atoms with Crippen molar-refractivity contribution in [2.24, 2.45) is 0 Å². The van der Waals surface area contributed by atoms with Gasteiger partial charge in [-0.25, -0.2) is 0 Å². The van der Waals surface area contributed by atoms with E-state index in [0.29, 0.717) is 34.7 Å². The van der Waals surface area contributed by atoms with Crippen molar-refractivity contribution in [3.05, 3.63) is 94.5 Å². The molecule has 0 bridgehead atoms. The third-order valence-electron chi connectivity index (χ3n) is 4.84. The number of hydrogen-bond acceptors (Lipinski definition) is 5. The Labute approximate surface area is 185 Å². The number of rotatable bonds is 6. The minimum absolute atomic E-state index is 0.325. The van der Waals surface area contributed by atoms with Crippen LogP contribution in [0.2, 0.25) is 5.02 Å². The summed E-state index contributed by atoms with van der Waals surface area (Å²) >= 11 is 6.28. The number of benzene rings is 3. The van der Waals surface area contributed by atoms with Crippen molar-refractivity contribution in [3.63, 3.8) is 0 Å². The van der Waals surface area contributed by atoms with Crippen LogP contribution in [0.25, 0.3) is 11.4 Å². The van der Waals surface area contributed by atoms with Crippen molar-refractivity contribution in [2.45, 2.75) is 13.5 Å². The van der Waals surface area contributed by atoms with E-state index >= 15 is 0 Å². The molecule has 0 amide bonds. The smallest absolute Gasteiger partial charge is 0.285 e. The van der Waals surface area contributed by atoms with Gasteiger partial charge in [-0.2, -0.15) is 9.67 Å². The first-order valence-electron chi connectivity index (χ1n) is 9.76. The summed E-state index contributed by atoms with van der Waals surface area (Å²) in [5.74, 6) is 0.901. The van der Waals surface area contributed by atoms with Gasteiger partial charge in [-0.05, 0) is 30.7 Å². The fourth-order valence-electron chi connectivity index (χ4n) is 3.14. The van der Waals surface area contributed by atoms with Crippen LogP contribution in [-0.2, 0) is 6.54 Å². The molecule has 0 spiro atoms. The molecule has 1 aromatic heterocycles. The number of hydrogen-bond donors (Lipinski definition) is 1. The molecule has 0 unspecified atom stereocenters. The molecular weight excluding hydrogens is 412 g/mol. The van der Waals surface area contributed by atoms with Gasteiger partial charge in [0.2, 0.25) is 5.95 Å². The molecule has 0 saturated heterocycles. The lowest BCUT2D eigenvalue weighted by Gasteiger charge is -2.10. The summed E-state index contributed by atoms with van der Waals surface area (Å²) in [6.45, 7) is 2.41. The maximum Gasteiger partial charge on any atom is 0.285 e. The Morgan fingerprint density at radius 1 is 1.03 bits per heavy atom. The number of aromatic nitrogens is 3. The van der Waals surface area contributed by atoms with E-state index in [-0.39, 0.29) is 5.91 Å². The van der Waals surface area contributed by atoms with Gasteiger partial charge in [0, 0.05) is 17.1 Å². The topological polar surface area (TPSA) is 69.0 Å². The molecule has 4 rings (SSSR count). The summed E-state index contributed by atoms with van der Waals surface area (Å²) in [6.07, 6.45) is 0. The molecule has 1 N–H and O–H groups in total. The summed E-state index contributed by atoms with van der Waals surface area (Å²) in [7, 11) is 1.53. The molecule has 0 saturated carbocycles. The number of ether oxygens (including phenoxy) is 1. The van der Waals surface area contributed by atoms with Crippen molar-refractivity contribution in [1.29, 1.82) is 0 Å². The second-order valence-electron chi connectivity index (χ2n) is 6.99. The SMILES string of the molecule is COc1ccccc1C(=O)n1nc(-c2ccc(C)cc2)nc1NCc1ccccc1Cl. The van der Waals surface area contributed by atoms with E-state index in [2.05, 4.69) is 15.4 Å². The van der Waals surface area contributed by atoms with Crippen LogP contribution in [0.3, 0.4) is 0 Å². The van der Waals surface area contributed by atoms with Crippen LogP contribution < -0.4 is 10.1 Å². The number of carbonyl (C=O) groups is 1. The molecular formula is C24H21ClN4O2. The molecule has 3 aromatic carbocycles. The minimum Gasteiger partial charge on any atom is -0.496 e. The second kappa shape index (κ2) is 9.02. The number of nitrogens with one attached hydrogen (secondary N) is 1. The standard InChI is InChI=1S/C24H21ClN4O2/c1-16-11-13-17(14-12-16)22-27-24(26-15-18-7-3-5-9-20(18)25)29(28-22)23(30)19-8-4-6-10-21(19)31-2/h3-14H,15H2,1-2H3,(H,26,27,28). The van der Waals surface area contributed by atoms with Gasteiger partial charge in [-0.15, -0.1) is 5.10 Å². The summed E-state index contributed by atoms with van der Waals surface area (Å²) in [5.41, 5.74) is 3.23. The lowest BCUT2D eigenvalue weighted by molar-refractivity contribution is 0.0944. The summed E-state index contributed by atoms with van der Waals surface area (Å²) < 4.78 is 6.63. The summed E-state index contributed by atoms with van der Waals surface area (Å²) in [5, 5.41) is 8.34. The first-order chi connectivity index (χ1) is 15.1. The van der Waals surface area contributed by atoms with E-state index < -0.39 is 0 Å². The average molecular weight is 433 g/mol. The maximum atomic E-state index is 13.3. The summed E-state index contributed by atoms with van der Waals surface area (Å²) in [4.78, 5) is 17.9. The monoisotopic (exact) mass is 432 g/mol. The van der Waals surface area contributed by atoms with Crippen molar-refractivity contribution in [3.8, 4) is 17.1 Å². The third-order valence-corrected chi connectivity index (χ3v) is 5.21. The highest BCUT2D eigenvalue weighted by Gasteiger charge is 2.21. The molecule has 0 atom stereocenters. The number of aryl methyl sites for hydroxylation is 1.